The summed E-state index contributed by atoms with van der Waals surface area (Å²) in [7, 11) is 1.70. The Morgan fingerprint density at radius 2 is 2.20 bits per heavy atom. The molecule has 0 bridgehead atoms. The van der Waals surface area contributed by atoms with Gasteiger partial charge >= 0.3 is 0 Å². The second-order valence-corrected chi connectivity index (χ2v) is 5.87. The minimum absolute atomic E-state index is 0.591. The van der Waals surface area contributed by atoms with Crippen molar-refractivity contribution < 1.29 is 4.74 Å². The van der Waals surface area contributed by atoms with E-state index in [1.165, 1.54) is 24.4 Å². The van der Waals surface area contributed by atoms with E-state index in [1.807, 2.05) is 11.6 Å². The number of methoxy groups -OCH3 is 1. The van der Waals surface area contributed by atoms with Gasteiger partial charge in [-0.15, -0.1) is 0 Å². The summed E-state index contributed by atoms with van der Waals surface area (Å²) in [4.78, 5) is 4.56. The summed E-state index contributed by atoms with van der Waals surface area (Å²) in [5.41, 5.74) is 3.10. The maximum atomic E-state index is 5.10. The summed E-state index contributed by atoms with van der Waals surface area (Å²) < 4.78 is 11.5. The molecule has 0 radical (unpaired) electrons. The molecule has 1 aliphatic rings. The Kier molecular flexibility index (Phi) is 3.71. The molecule has 2 aromatic rings. The van der Waals surface area contributed by atoms with E-state index < -0.39 is 0 Å². The second-order valence-electron chi connectivity index (χ2n) is 5.12. The number of hydrogen-bond acceptors (Lipinski definition) is 6. The van der Waals surface area contributed by atoms with Gasteiger partial charge in [-0.3, -0.25) is 4.68 Å². The predicted octanol–water partition coefficient (Wildman–Crippen LogP) is 2.62. The van der Waals surface area contributed by atoms with E-state index in [9.17, 15) is 0 Å². The molecule has 0 spiro atoms. The molecule has 7 heteroatoms. The van der Waals surface area contributed by atoms with Crippen molar-refractivity contribution in [1.29, 1.82) is 0 Å². The van der Waals surface area contributed by atoms with Crippen LogP contribution in [0.2, 0.25) is 0 Å². The first-order valence-corrected chi connectivity index (χ1v) is 7.60. The van der Waals surface area contributed by atoms with Crippen LogP contribution in [0.15, 0.2) is 0 Å². The lowest BCUT2D eigenvalue weighted by atomic mass is 10.3. The smallest absolute Gasteiger partial charge is 0.207 e. The molecule has 1 aliphatic carbocycles. The zero-order valence-corrected chi connectivity index (χ0v) is 12.8. The molecule has 20 heavy (non-hydrogen) atoms. The number of nitrogens with one attached hydrogen (secondary N) is 1. The van der Waals surface area contributed by atoms with E-state index in [2.05, 4.69) is 26.7 Å². The van der Waals surface area contributed by atoms with Gasteiger partial charge in [0, 0.05) is 24.6 Å². The van der Waals surface area contributed by atoms with Crippen molar-refractivity contribution >= 4 is 22.4 Å². The first kappa shape index (κ1) is 13.5. The summed E-state index contributed by atoms with van der Waals surface area (Å²) in [6, 6.07) is 0. The number of aryl methyl sites for hydroxylation is 1. The second kappa shape index (κ2) is 5.49. The average Bonchev–Trinajstić information content (AvgIpc) is 3.13. The average molecular weight is 293 g/mol. The van der Waals surface area contributed by atoms with Crippen molar-refractivity contribution in [2.45, 2.75) is 39.2 Å². The van der Waals surface area contributed by atoms with Gasteiger partial charge in [-0.2, -0.15) is 9.47 Å². The zero-order chi connectivity index (χ0) is 14.1. The summed E-state index contributed by atoms with van der Waals surface area (Å²) in [6.45, 7) is 5.47. The molecule has 0 amide bonds. The highest BCUT2D eigenvalue weighted by atomic mass is 32.1. The first-order valence-electron chi connectivity index (χ1n) is 6.82. The Morgan fingerprint density at radius 1 is 1.40 bits per heavy atom. The quantitative estimate of drug-likeness (QED) is 0.887. The number of nitrogens with zero attached hydrogens (tertiary/aromatic N) is 4. The first-order chi connectivity index (χ1) is 9.69. The van der Waals surface area contributed by atoms with E-state index in [4.69, 9.17) is 4.74 Å². The summed E-state index contributed by atoms with van der Waals surface area (Å²) >= 11 is 1.42. The van der Waals surface area contributed by atoms with Crippen molar-refractivity contribution in [2.24, 2.45) is 0 Å². The molecule has 1 saturated carbocycles. The molecular weight excluding hydrogens is 274 g/mol. The van der Waals surface area contributed by atoms with Crippen LogP contribution < -0.4 is 5.32 Å². The summed E-state index contributed by atoms with van der Waals surface area (Å²) in [5.74, 6) is 1.58. The normalized spacial score (nSPS) is 14.8. The molecule has 3 rings (SSSR count). The lowest BCUT2D eigenvalue weighted by molar-refractivity contribution is 0.182. The Balaban J connectivity index is 1.76. The molecule has 0 aliphatic heterocycles. The summed E-state index contributed by atoms with van der Waals surface area (Å²) in [6.07, 6.45) is 2.45. The van der Waals surface area contributed by atoms with Crippen LogP contribution in [-0.4, -0.2) is 32.9 Å². The number of aromatic nitrogens is 4. The van der Waals surface area contributed by atoms with Crippen LogP contribution in [0.25, 0.3) is 0 Å². The standard InChI is InChI=1S/C13H19N5OS/c1-8-11(9(2)18(16-8)6-7-19-3)14-13-15-12(17-20-13)10-4-5-10/h10H,4-7H2,1-3H3,(H,14,15,17). The van der Waals surface area contributed by atoms with Gasteiger partial charge in [-0.05, 0) is 26.7 Å². The summed E-state index contributed by atoms with van der Waals surface area (Å²) in [5, 5.41) is 8.74. The maximum absolute atomic E-state index is 5.10. The molecule has 2 heterocycles. The fraction of sp³-hybridized carbons (Fsp3) is 0.615. The fourth-order valence-corrected chi connectivity index (χ4v) is 2.83. The SMILES string of the molecule is COCCn1nc(C)c(Nc2nc(C3CC3)ns2)c1C. The molecule has 6 nitrogen and oxygen atoms in total. The third-order valence-electron chi connectivity index (χ3n) is 3.50. The third kappa shape index (κ3) is 2.69. The fourth-order valence-electron chi connectivity index (χ4n) is 2.17. The maximum Gasteiger partial charge on any atom is 0.207 e. The van der Waals surface area contributed by atoms with Gasteiger partial charge in [-0.1, -0.05) is 0 Å². The highest BCUT2D eigenvalue weighted by molar-refractivity contribution is 7.09. The van der Waals surface area contributed by atoms with Crippen molar-refractivity contribution in [3.8, 4) is 0 Å². The van der Waals surface area contributed by atoms with E-state index in [0.29, 0.717) is 12.5 Å². The van der Waals surface area contributed by atoms with E-state index in [1.54, 1.807) is 7.11 Å². The Labute approximate surface area is 122 Å². The van der Waals surface area contributed by atoms with Crippen molar-refractivity contribution in [3.63, 3.8) is 0 Å². The highest BCUT2D eigenvalue weighted by Crippen LogP contribution is 2.39. The predicted molar refractivity (Wildman–Crippen MR) is 78.7 cm³/mol. The zero-order valence-electron chi connectivity index (χ0n) is 12.0. The molecule has 2 aromatic heterocycles. The van der Waals surface area contributed by atoms with Crippen LogP contribution in [0.5, 0.6) is 0 Å². The molecule has 1 fully saturated rings. The molecule has 0 unspecified atom stereocenters. The topological polar surface area (TPSA) is 64.9 Å². The number of anilines is 2. The number of hydrogen-bond donors (Lipinski definition) is 1. The molecule has 108 valence electrons. The number of ether oxygens (including phenoxy) is 1. The van der Waals surface area contributed by atoms with Crippen molar-refractivity contribution in [1.82, 2.24) is 19.1 Å². The van der Waals surface area contributed by atoms with Crippen LogP contribution in [0.3, 0.4) is 0 Å². The largest absolute Gasteiger partial charge is 0.383 e. The van der Waals surface area contributed by atoms with Gasteiger partial charge < -0.3 is 10.1 Å². The van der Waals surface area contributed by atoms with Crippen LogP contribution >= 0.6 is 11.5 Å². The Bertz CT molecular complexity index is 602. The van der Waals surface area contributed by atoms with Gasteiger partial charge in [0.2, 0.25) is 5.13 Å². The van der Waals surface area contributed by atoms with Crippen LogP contribution in [0, 0.1) is 13.8 Å². The van der Waals surface area contributed by atoms with Crippen LogP contribution in [0.4, 0.5) is 10.8 Å². The Morgan fingerprint density at radius 3 is 2.90 bits per heavy atom. The van der Waals surface area contributed by atoms with Gasteiger partial charge in [-0.25, -0.2) is 4.98 Å². The van der Waals surface area contributed by atoms with E-state index in [0.717, 1.165) is 34.6 Å². The molecule has 1 N–H and O–H groups in total. The van der Waals surface area contributed by atoms with Crippen molar-refractivity contribution in [2.75, 3.05) is 19.0 Å². The van der Waals surface area contributed by atoms with Gasteiger partial charge in [0.1, 0.15) is 5.82 Å². The van der Waals surface area contributed by atoms with E-state index in [-0.39, 0.29) is 0 Å². The monoisotopic (exact) mass is 293 g/mol. The third-order valence-corrected chi connectivity index (χ3v) is 4.15. The minimum Gasteiger partial charge on any atom is -0.383 e. The van der Waals surface area contributed by atoms with Gasteiger partial charge in [0.05, 0.1) is 30.2 Å². The minimum atomic E-state index is 0.591. The van der Waals surface area contributed by atoms with Crippen molar-refractivity contribution in [3.05, 3.63) is 17.2 Å². The lowest BCUT2D eigenvalue weighted by Gasteiger charge is -2.05. The molecule has 0 saturated heterocycles. The van der Waals surface area contributed by atoms with E-state index >= 15 is 0 Å². The van der Waals surface area contributed by atoms with Crippen LogP contribution in [-0.2, 0) is 11.3 Å². The Hall–Kier alpha value is -1.47. The number of rotatable bonds is 6. The molecule has 0 atom stereocenters. The lowest BCUT2D eigenvalue weighted by Crippen LogP contribution is -2.07. The van der Waals surface area contributed by atoms with Crippen LogP contribution in [0.1, 0.15) is 36.0 Å². The molecular formula is C13H19N5OS. The van der Waals surface area contributed by atoms with Gasteiger partial charge in [0.25, 0.3) is 0 Å². The van der Waals surface area contributed by atoms with Gasteiger partial charge in [0.15, 0.2) is 0 Å². The highest BCUT2D eigenvalue weighted by Gasteiger charge is 2.28. The molecule has 0 aromatic carbocycles.